The number of rotatable bonds is 3. The molecule has 1 aromatic rings. The zero-order valence-electron chi connectivity index (χ0n) is 11.3. The third-order valence-electron chi connectivity index (χ3n) is 2.91. The Hall–Kier alpha value is -2.39. The molecule has 10 nitrogen and oxygen atoms in total. The largest absolute Gasteiger partial charge is 0.340 e. The van der Waals surface area contributed by atoms with Gasteiger partial charge in [0.1, 0.15) is 6.54 Å². The van der Waals surface area contributed by atoms with Crippen LogP contribution in [0.15, 0.2) is 0 Å². The first-order chi connectivity index (χ1) is 9.69. The summed E-state index contributed by atoms with van der Waals surface area (Å²) in [6.45, 7) is 1.72. The number of hydrogen-bond acceptors (Lipinski definition) is 6. The maximum Gasteiger partial charge on any atom is 0.333 e. The summed E-state index contributed by atoms with van der Waals surface area (Å²) in [4.78, 5) is 25.7. The van der Waals surface area contributed by atoms with E-state index in [-0.39, 0.29) is 6.54 Å². The fraction of sp³-hybridized carbons (Fsp3) is 0.700. The molecule has 0 aromatic carbocycles. The molecule has 3 amide bonds. The highest BCUT2D eigenvalue weighted by Gasteiger charge is 2.16. The summed E-state index contributed by atoms with van der Waals surface area (Å²) in [5.41, 5.74) is 4.40. The lowest BCUT2D eigenvalue weighted by Gasteiger charge is -2.24. The zero-order chi connectivity index (χ0) is 14.4. The molecule has 20 heavy (non-hydrogen) atoms. The Morgan fingerprint density at radius 2 is 1.95 bits per heavy atom. The SMILES string of the molecule is CNC(=O)NNC(=O)Cn1nnc(N2CCCCC2)n1. The summed E-state index contributed by atoms with van der Waals surface area (Å²) >= 11 is 0. The number of nitrogens with zero attached hydrogens (tertiary/aromatic N) is 5. The Morgan fingerprint density at radius 3 is 2.65 bits per heavy atom. The average Bonchev–Trinajstić information content (AvgIpc) is 2.94. The van der Waals surface area contributed by atoms with E-state index in [0.717, 1.165) is 25.9 Å². The molecule has 0 atom stereocenters. The first-order valence-electron chi connectivity index (χ1n) is 6.48. The van der Waals surface area contributed by atoms with Crippen molar-refractivity contribution in [3.63, 3.8) is 0 Å². The number of anilines is 1. The van der Waals surface area contributed by atoms with Crippen molar-refractivity contribution in [2.45, 2.75) is 25.8 Å². The Labute approximate surface area is 115 Å². The number of carbonyl (C=O) groups excluding carboxylic acids is 2. The summed E-state index contributed by atoms with van der Waals surface area (Å²) in [6, 6.07) is -0.501. The number of hydrogen-bond donors (Lipinski definition) is 3. The van der Waals surface area contributed by atoms with Crippen LogP contribution in [-0.4, -0.2) is 52.3 Å². The first kappa shape index (κ1) is 14.0. The number of nitrogens with one attached hydrogen (secondary N) is 3. The smallest absolute Gasteiger partial charge is 0.333 e. The van der Waals surface area contributed by atoms with Crippen LogP contribution in [0.3, 0.4) is 0 Å². The van der Waals surface area contributed by atoms with Crippen molar-refractivity contribution in [2.24, 2.45) is 0 Å². The topological polar surface area (TPSA) is 117 Å². The van der Waals surface area contributed by atoms with E-state index in [2.05, 4.69) is 31.6 Å². The first-order valence-corrected chi connectivity index (χ1v) is 6.48. The maximum atomic E-state index is 11.5. The van der Waals surface area contributed by atoms with Crippen molar-refractivity contribution in [3.8, 4) is 0 Å². The van der Waals surface area contributed by atoms with Crippen molar-refractivity contribution in [1.29, 1.82) is 0 Å². The van der Waals surface area contributed by atoms with Crippen LogP contribution in [-0.2, 0) is 11.3 Å². The molecular formula is C10H18N8O2. The lowest BCUT2D eigenvalue weighted by Crippen LogP contribution is -2.47. The minimum atomic E-state index is -0.501. The molecule has 2 heterocycles. The van der Waals surface area contributed by atoms with E-state index in [1.165, 1.54) is 18.3 Å². The van der Waals surface area contributed by atoms with Gasteiger partial charge in [0.2, 0.25) is 0 Å². The van der Waals surface area contributed by atoms with E-state index < -0.39 is 11.9 Å². The van der Waals surface area contributed by atoms with Gasteiger partial charge in [0.05, 0.1) is 0 Å². The molecule has 0 aliphatic carbocycles. The van der Waals surface area contributed by atoms with Gasteiger partial charge in [0, 0.05) is 20.1 Å². The molecule has 110 valence electrons. The molecular weight excluding hydrogens is 264 g/mol. The van der Waals surface area contributed by atoms with Gasteiger partial charge in [-0.15, -0.1) is 5.10 Å². The van der Waals surface area contributed by atoms with Gasteiger partial charge in [-0.25, -0.2) is 10.2 Å². The summed E-state index contributed by atoms with van der Waals surface area (Å²) in [6.07, 6.45) is 3.45. The molecule has 1 aliphatic heterocycles. The summed E-state index contributed by atoms with van der Waals surface area (Å²) < 4.78 is 0. The Kier molecular flexibility index (Phi) is 4.69. The summed E-state index contributed by atoms with van der Waals surface area (Å²) in [7, 11) is 1.45. The number of urea groups is 1. The number of piperidine rings is 1. The molecule has 3 N–H and O–H groups in total. The van der Waals surface area contributed by atoms with Crippen LogP contribution >= 0.6 is 0 Å². The summed E-state index contributed by atoms with van der Waals surface area (Å²) in [5, 5.41) is 14.2. The molecule has 0 unspecified atom stereocenters. The molecule has 1 saturated heterocycles. The van der Waals surface area contributed by atoms with Crippen LogP contribution in [0.25, 0.3) is 0 Å². The van der Waals surface area contributed by atoms with Crippen LogP contribution in [0.1, 0.15) is 19.3 Å². The van der Waals surface area contributed by atoms with Crippen molar-refractivity contribution in [3.05, 3.63) is 0 Å². The summed E-state index contributed by atoms with van der Waals surface area (Å²) in [5.74, 6) is 0.105. The third kappa shape index (κ3) is 3.80. The molecule has 10 heteroatoms. The van der Waals surface area contributed by atoms with Crippen molar-refractivity contribution < 1.29 is 9.59 Å². The lowest BCUT2D eigenvalue weighted by molar-refractivity contribution is -0.122. The molecule has 0 bridgehead atoms. The number of tetrazole rings is 1. The number of aromatic nitrogens is 4. The predicted molar refractivity (Wildman–Crippen MR) is 69.6 cm³/mol. The van der Waals surface area contributed by atoms with E-state index in [0.29, 0.717) is 5.95 Å². The van der Waals surface area contributed by atoms with E-state index in [4.69, 9.17) is 0 Å². The molecule has 1 aromatic heterocycles. The second-order valence-electron chi connectivity index (χ2n) is 4.42. The second kappa shape index (κ2) is 6.68. The van der Waals surface area contributed by atoms with Gasteiger partial charge >= 0.3 is 6.03 Å². The molecule has 2 rings (SSSR count). The van der Waals surface area contributed by atoms with E-state index in [1.807, 2.05) is 4.90 Å². The van der Waals surface area contributed by atoms with Crippen molar-refractivity contribution in [2.75, 3.05) is 25.0 Å². The normalized spacial score (nSPS) is 14.8. The fourth-order valence-electron chi connectivity index (χ4n) is 1.88. The highest BCUT2D eigenvalue weighted by Crippen LogP contribution is 2.13. The average molecular weight is 282 g/mol. The third-order valence-corrected chi connectivity index (χ3v) is 2.91. The van der Waals surface area contributed by atoms with Gasteiger partial charge in [-0.1, -0.05) is 5.10 Å². The fourth-order valence-corrected chi connectivity index (χ4v) is 1.88. The van der Waals surface area contributed by atoms with Gasteiger partial charge in [-0.3, -0.25) is 10.2 Å². The van der Waals surface area contributed by atoms with Gasteiger partial charge in [0.25, 0.3) is 11.9 Å². The van der Waals surface area contributed by atoms with Gasteiger partial charge in [-0.2, -0.15) is 4.80 Å². The molecule has 1 fully saturated rings. The van der Waals surface area contributed by atoms with Crippen LogP contribution in [0.5, 0.6) is 0 Å². The Bertz CT molecular complexity index is 468. The Balaban J connectivity index is 1.82. The Morgan fingerprint density at radius 1 is 1.20 bits per heavy atom. The van der Waals surface area contributed by atoms with Gasteiger partial charge in [-0.05, 0) is 24.5 Å². The van der Waals surface area contributed by atoms with E-state index in [1.54, 1.807) is 0 Å². The van der Waals surface area contributed by atoms with Crippen LogP contribution in [0.2, 0.25) is 0 Å². The van der Waals surface area contributed by atoms with Gasteiger partial charge in [0.15, 0.2) is 0 Å². The lowest BCUT2D eigenvalue weighted by atomic mass is 10.1. The maximum absolute atomic E-state index is 11.5. The number of hydrazine groups is 1. The number of carbonyl (C=O) groups is 2. The monoisotopic (exact) mass is 282 g/mol. The minimum Gasteiger partial charge on any atom is -0.340 e. The molecule has 0 radical (unpaired) electrons. The predicted octanol–water partition coefficient (Wildman–Crippen LogP) is -1.38. The highest BCUT2D eigenvalue weighted by atomic mass is 16.2. The zero-order valence-corrected chi connectivity index (χ0v) is 11.3. The number of amides is 3. The molecule has 0 spiro atoms. The van der Waals surface area contributed by atoms with Crippen LogP contribution in [0, 0.1) is 0 Å². The van der Waals surface area contributed by atoms with Crippen molar-refractivity contribution >= 4 is 17.9 Å². The van der Waals surface area contributed by atoms with E-state index in [9.17, 15) is 9.59 Å². The van der Waals surface area contributed by atoms with E-state index >= 15 is 0 Å². The van der Waals surface area contributed by atoms with Crippen LogP contribution < -0.4 is 21.1 Å². The minimum absolute atomic E-state index is 0.106. The molecule has 0 saturated carbocycles. The van der Waals surface area contributed by atoms with Crippen LogP contribution in [0.4, 0.5) is 10.7 Å². The molecule has 1 aliphatic rings. The second-order valence-corrected chi connectivity index (χ2v) is 4.42. The standard InChI is InChI=1S/C10H18N8O2/c1-11-10(20)14-12-8(19)7-18-15-9(13-16-18)17-5-3-2-4-6-17/h2-7H2,1H3,(H,12,19)(H2,11,14,20). The van der Waals surface area contributed by atoms with Gasteiger partial charge < -0.3 is 10.2 Å². The highest BCUT2D eigenvalue weighted by molar-refractivity contribution is 5.80. The van der Waals surface area contributed by atoms with Crippen molar-refractivity contribution in [1.82, 2.24) is 36.4 Å². The quantitative estimate of drug-likeness (QED) is 0.588.